The maximum Gasteiger partial charge on any atom is 0.261 e. The highest BCUT2D eigenvalue weighted by molar-refractivity contribution is 6.06. The summed E-state index contributed by atoms with van der Waals surface area (Å²) in [5.41, 5.74) is 2.45. The number of hydrogen-bond donors (Lipinski definition) is 1. The average Bonchev–Trinajstić information content (AvgIpc) is 2.70. The van der Waals surface area contributed by atoms with E-state index in [2.05, 4.69) is 15.3 Å². The van der Waals surface area contributed by atoms with Gasteiger partial charge in [0.05, 0.1) is 11.3 Å². The van der Waals surface area contributed by atoms with E-state index < -0.39 is 11.6 Å². The van der Waals surface area contributed by atoms with Crippen LogP contribution < -0.4 is 10.2 Å². The van der Waals surface area contributed by atoms with E-state index in [1.807, 2.05) is 24.3 Å². The van der Waals surface area contributed by atoms with Gasteiger partial charge in [0.2, 0.25) is 5.95 Å². The molecule has 2 heterocycles. The third-order valence-electron chi connectivity index (χ3n) is 4.43. The van der Waals surface area contributed by atoms with Crippen molar-refractivity contribution in [2.75, 3.05) is 16.8 Å². The van der Waals surface area contributed by atoms with E-state index in [4.69, 9.17) is 0 Å². The zero-order valence-electron chi connectivity index (χ0n) is 14.3. The number of carbonyl (C=O) groups is 1. The minimum absolute atomic E-state index is 0.0560. The normalized spacial score (nSPS) is 13.2. The number of hydrogen-bond acceptors (Lipinski definition) is 4. The standard InChI is InChI=1S/C20H16F2N4O/c21-15-7-8-17(16(22)10-15)25-20-23-11-14(12-24-20)19(27)26-9-3-5-13-4-1-2-6-18(13)26/h1-2,4,6-8,10-12H,3,5,9H2,(H,23,24,25). The number of nitrogens with zero attached hydrogens (tertiary/aromatic N) is 3. The Morgan fingerprint density at radius 2 is 1.85 bits per heavy atom. The zero-order valence-corrected chi connectivity index (χ0v) is 14.3. The fraction of sp³-hybridized carbons (Fsp3) is 0.150. The Balaban J connectivity index is 1.53. The van der Waals surface area contributed by atoms with Gasteiger partial charge in [-0.1, -0.05) is 18.2 Å². The monoisotopic (exact) mass is 366 g/mol. The highest BCUT2D eigenvalue weighted by Crippen LogP contribution is 2.28. The fourth-order valence-corrected chi connectivity index (χ4v) is 3.11. The van der Waals surface area contributed by atoms with E-state index >= 15 is 0 Å². The molecule has 136 valence electrons. The molecule has 0 aliphatic carbocycles. The van der Waals surface area contributed by atoms with Crippen LogP contribution in [0.4, 0.5) is 26.1 Å². The molecule has 5 nitrogen and oxygen atoms in total. The summed E-state index contributed by atoms with van der Waals surface area (Å²) in [7, 11) is 0. The largest absolute Gasteiger partial charge is 0.322 e. The molecule has 1 aliphatic heterocycles. The Bertz CT molecular complexity index is 992. The summed E-state index contributed by atoms with van der Waals surface area (Å²) in [6, 6.07) is 11.0. The van der Waals surface area contributed by atoms with E-state index in [0.717, 1.165) is 36.2 Å². The second kappa shape index (κ2) is 7.11. The summed E-state index contributed by atoms with van der Waals surface area (Å²) in [5, 5.41) is 2.67. The average molecular weight is 366 g/mol. The number of nitrogens with one attached hydrogen (secondary N) is 1. The lowest BCUT2D eigenvalue weighted by Crippen LogP contribution is -2.35. The van der Waals surface area contributed by atoms with E-state index in [0.29, 0.717) is 12.1 Å². The first-order valence-electron chi connectivity index (χ1n) is 8.56. The van der Waals surface area contributed by atoms with Crippen LogP contribution in [0.25, 0.3) is 0 Å². The van der Waals surface area contributed by atoms with Gasteiger partial charge in [0, 0.05) is 30.7 Å². The van der Waals surface area contributed by atoms with Crippen molar-refractivity contribution < 1.29 is 13.6 Å². The molecule has 2 aromatic carbocycles. The number of para-hydroxylation sites is 1. The van der Waals surface area contributed by atoms with Crippen molar-refractivity contribution in [1.82, 2.24) is 9.97 Å². The van der Waals surface area contributed by atoms with E-state index in [1.54, 1.807) is 4.90 Å². The first-order chi connectivity index (χ1) is 13.1. The van der Waals surface area contributed by atoms with Crippen LogP contribution in [0.1, 0.15) is 22.3 Å². The van der Waals surface area contributed by atoms with Crippen molar-refractivity contribution in [3.63, 3.8) is 0 Å². The molecule has 0 spiro atoms. The van der Waals surface area contributed by atoms with Crippen molar-refractivity contribution in [2.45, 2.75) is 12.8 Å². The fourth-order valence-electron chi connectivity index (χ4n) is 3.11. The lowest BCUT2D eigenvalue weighted by Gasteiger charge is -2.29. The van der Waals surface area contributed by atoms with Crippen LogP contribution in [0, 0.1) is 11.6 Å². The van der Waals surface area contributed by atoms with Gasteiger partial charge in [-0.05, 0) is 36.6 Å². The summed E-state index contributed by atoms with van der Waals surface area (Å²) in [5.74, 6) is -1.47. The summed E-state index contributed by atoms with van der Waals surface area (Å²) >= 11 is 0. The van der Waals surface area contributed by atoms with Crippen molar-refractivity contribution in [1.29, 1.82) is 0 Å². The SMILES string of the molecule is O=C(c1cnc(Nc2ccc(F)cc2F)nc1)N1CCCc2ccccc21. The second-order valence-electron chi connectivity index (χ2n) is 6.23. The number of fused-ring (bicyclic) bond motifs is 1. The minimum Gasteiger partial charge on any atom is -0.322 e. The molecule has 3 aromatic rings. The lowest BCUT2D eigenvalue weighted by atomic mass is 10.0. The molecule has 0 unspecified atom stereocenters. The quantitative estimate of drug-likeness (QED) is 0.758. The number of anilines is 3. The minimum atomic E-state index is -0.747. The first-order valence-corrected chi connectivity index (χ1v) is 8.56. The molecule has 1 N–H and O–H groups in total. The number of rotatable bonds is 3. The molecule has 0 atom stereocenters. The first kappa shape index (κ1) is 17.1. The van der Waals surface area contributed by atoms with Crippen molar-refractivity contribution >= 4 is 23.2 Å². The van der Waals surface area contributed by atoms with Crippen molar-refractivity contribution in [2.24, 2.45) is 0 Å². The summed E-state index contributed by atoms with van der Waals surface area (Å²) < 4.78 is 26.7. The highest BCUT2D eigenvalue weighted by atomic mass is 19.1. The maximum atomic E-state index is 13.7. The van der Waals surface area contributed by atoms with E-state index in [-0.39, 0.29) is 17.5 Å². The van der Waals surface area contributed by atoms with Gasteiger partial charge >= 0.3 is 0 Å². The molecule has 0 fully saturated rings. The third kappa shape index (κ3) is 3.48. The predicted octanol–water partition coefficient (Wildman–Crippen LogP) is 4.09. The lowest BCUT2D eigenvalue weighted by molar-refractivity contribution is 0.0984. The van der Waals surface area contributed by atoms with Crippen LogP contribution in [0.5, 0.6) is 0 Å². The van der Waals surface area contributed by atoms with Gasteiger partial charge in [0.15, 0.2) is 0 Å². The molecule has 1 aromatic heterocycles. The smallest absolute Gasteiger partial charge is 0.261 e. The number of aromatic nitrogens is 2. The molecule has 1 amide bonds. The Hall–Kier alpha value is -3.35. The Labute approximate surface area is 154 Å². The van der Waals surface area contributed by atoms with Gasteiger partial charge in [-0.3, -0.25) is 4.79 Å². The van der Waals surface area contributed by atoms with Crippen LogP contribution >= 0.6 is 0 Å². The van der Waals surface area contributed by atoms with Gasteiger partial charge in [0.25, 0.3) is 5.91 Å². The molecule has 7 heteroatoms. The zero-order chi connectivity index (χ0) is 18.8. The molecule has 27 heavy (non-hydrogen) atoms. The topological polar surface area (TPSA) is 58.1 Å². The summed E-state index contributed by atoms with van der Waals surface area (Å²) in [4.78, 5) is 22.7. The molecule has 0 radical (unpaired) electrons. The Kier molecular flexibility index (Phi) is 4.50. The molecule has 0 bridgehead atoms. The number of halogens is 2. The van der Waals surface area contributed by atoms with Gasteiger partial charge < -0.3 is 10.2 Å². The molecule has 1 aliphatic rings. The van der Waals surface area contributed by atoms with Crippen molar-refractivity contribution in [3.05, 3.63) is 77.6 Å². The van der Waals surface area contributed by atoms with Crippen LogP contribution in [-0.2, 0) is 6.42 Å². The molecular weight excluding hydrogens is 350 g/mol. The number of amides is 1. The number of benzene rings is 2. The van der Waals surface area contributed by atoms with Crippen LogP contribution in [-0.4, -0.2) is 22.4 Å². The second-order valence-corrected chi connectivity index (χ2v) is 6.23. The predicted molar refractivity (Wildman–Crippen MR) is 98.1 cm³/mol. The Morgan fingerprint density at radius 3 is 2.63 bits per heavy atom. The van der Waals surface area contributed by atoms with Crippen molar-refractivity contribution in [3.8, 4) is 0 Å². The van der Waals surface area contributed by atoms with Crippen LogP contribution in [0.15, 0.2) is 54.9 Å². The highest BCUT2D eigenvalue weighted by Gasteiger charge is 2.23. The van der Waals surface area contributed by atoms with Gasteiger partial charge in [-0.15, -0.1) is 0 Å². The molecular formula is C20H16F2N4O. The van der Waals surface area contributed by atoms with Crippen LogP contribution in [0.3, 0.4) is 0 Å². The number of aryl methyl sites for hydroxylation is 1. The summed E-state index contributed by atoms with van der Waals surface area (Å²) in [6.07, 6.45) is 4.64. The third-order valence-corrected chi connectivity index (χ3v) is 4.43. The maximum absolute atomic E-state index is 13.7. The molecule has 0 saturated heterocycles. The number of carbonyl (C=O) groups excluding carboxylic acids is 1. The summed E-state index contributed by atoms with van der Waals surface area (Å²) in [6.45, 7) is 0.636. The van der Waals surface area contributed by atoms with Gasteiger partial charge in [-0.2, -0.15) is 0 Å². The Morgan fingerprint density at radius 1 is 1.07 bits per heavy atom. The van der Waals surface area contributed by atoms with Gasteiger partial charge in [-0.25, -0.2) is 18.7 Å². The molecule has 4 rings (SSSR count). The van der Waals surface area contributed by atoms with Crippen LogP contribution in [0.2, 0.25) is 0 Å². The van der Waals surface area contributed by atoms with E-state index in [1.165, 1.54) is 18.5 Å². The van der Waals surface area contributed by atoms with Gasteiger partial charge in [0.1, 0.15) is 11.6 Å². The van der Waals surface area contributed by atoms with E-state index in [9.17, 15) is 13.6 Å². The molecule has 0 saturated carbocycles.